The fourth-order valence-electron chi connectivity index (χ4n) is 7.08. The van der Waals surface area contributed by atoms with E-state index < -0.39 is 0 Å². The Morgan fingerprint density at radius 3 is 1.65 bits per heavy atom. The number of oxazole rings is 1. The van der Waals surface area contributed by atoms with Crippen LogP contribution in [0, 0.1) is 0 Å². The molecule has 4 nitrogen and oxygen atoms in total. The summed E-state index contributed by atoms with van der Waals surface area (Å²) in [6.45, 7) is 0. The quantitative estimate of drug-likeness (QED) is 0.179. The second-order valence-electron chi connectivity index (χ2n) is 12.8. The molecule has 0 unspecified atom stereocenters. The van der Waals surface area contributed by atoms with Gasteiger partial charge in [-0.1, -0.05) is 103 Å². The van der Waals surface area contributed by atoms with Crippen LogP contribution in [-0.2, 0) is 0 Å². The first-order valence-electron chi connectivity index (χ1n) is 17.1. The summed E-state index contributed by atoms with van der Waals surface area (Å²) in [5.74, 6) is 0.605. The summed E-state index contributed by atoms with van der Waals surface area (Å²) in [6.07, 6.45) is 0. The van der Waals surface area contributed by atoms with Crippen LogP contribution in [0.2, 0.25) is 0 Å². The zero-order chi connectivity index (χ0) is 33.7. The summed E-state index contributed by atoms with van der Waals surface area (Å²) < 4.78 is 12.4. The summed E-state index contributed by atoms with van der Waals surface area (Å²) >= 11 is 0. The van der Waals surface area contributed by atoms with Gasteiger partial charge in [0, 0.05) is 39.5 Å². The lowest BCUT2D eigenvalue weighted by molar-refractivity contribution is 0.617. The van der Waals surface area contributed by atoms with Crippen LogP contribution in [0.25, 0.3) is 77.5 Å². The van der Waals surface area contributed by atoms with E-state index in [-0.39, 0.29) is 0 Å². The molecule has 0 aliphatic rings. The maximum atomic E-state index is 6.28. The van der Waals surface area contributed by atoms with Gasteiger partial charge in [-0.25, -0.2) is 4.98 Å². The normalized spacial score (nSPS) is 11.5. The third kappa shape index (κ3) is 5.22. The lowest BCUT2D eigenvalue weighted by Crippen LogP contribution is -2.09. The Labute approximate surface area is 294 Å². The fourth-order valence-corrected chi connectivity index (χ4v) is 7.08. The average molecular weight is 655 g/mol. The highest BCUT2D eigenvalue weighted by Crippen LogP contribution is 2.39. The van der Waals surface area contributed by atoms with Gasteiger partial charge in [-0.15, -0.1) is 0 Å². The van der Waals surface area contributed by atoms with Crippen LogP contribution in [-0.4, -0.2) is 4.98 Å². The van der Waals surface area contributed by atoms with E-state index in [0.29, 0.717) is 11.5 Å². The topological polar surface area (TPSA) is 42.4 Å². The van der Waals surface area contributed by atoms with Gasteiger partial charge in [0.1, 0.15) is 16.7 Å². The van der Waals surface area contributed by atoms with Gasteiger partial charge in [0.05, 0.1) is 0 Å². The molecule has 51 heavy (non-hydrogen) atoms. The minimum Gasteiger partial charge on any atom is -0.456 e. The van der Waals surface area contributed by atoms with E-state index in [4.69, 9.17) is 13.8 Å². The van der Waals surface area contributed by atoms with Gasteiger partial charge in [-0.2, -0.15) is 0 Å². The van der Waals surface area contributed by atoms with Crippen LogP contribution < -0.4 is 4.90 Å². The molecule has 0 radical (unpaired) electrons. The molecule has 2 aromatic heterocycles. The molecule has 0 amide bonds. The van der Waals surface area contributed by atoms with Gasteiger partial charge < -0.3 is 13.7 Å². The Kier molecular flexibility index (Phi) is 6.78. The second-order valence-corrected chi connectivity index (χ2v) is 12.8. The highest BCUT2D eigenvalue weighted by Gasteiger charge is 2.16. The molecule has 0 saturated carbocycles. The van der Waals surface area contributed by atoms with E-state index in [2.05, 4.69) is 150 Å². The summed E-state index contributed by atoms with van der Waals surface area (Å²) in [7, 11) is 0. The summed E-state index contributed by atoms with van der Waals surface area (Å²) in [5.41, 5.74) is 12.0. The Morgan fingerprint density at radius 2 is 0.922 bits per heavy atom. The van der Waals surface area contributed by atoms with Crippen LogP contribution in [0.3, 0.4) is 0 Å². The molecule has 8 aromatic carbocycles. The zero-order valence-corrected chi connectivity index (χ0v) is 27.5. The molecular weight excluding hydrogens is 625 g/mol. The summed E-state index contributed by atoms with van der Waals surface area (Å²) in [5, 5.41) is 4.57. The Morgan fingerprint density at radius 1 is 0.353 bits per heavy atom. The summed E-state index contributed by atoms with van der Waals surface area (Å²) in [6, 6.07) is 63.7. The standard InChI is InChI=1S/C47H30N2O2/c1-3-10-34(11-4-1)47-48-43-29-42-41-28-37(21-26-44(41)50-45(42)30-46(43)51-47)33-19-24-40(25-20-33)49(38-13-5-2-6-14-38)39-22-17-32(18-23-39)36-16-15-31-9-7-8-12-35(31)27-36/h1-30H. The second kappa shape index (κ2) is 11.9. The molecule has 0 N–H and O–H groups in total. The van der Waals surface area contributed by atoms with Gasteiger partial charge in [-0.05, 0) is 106 Å². The van der Waals surface area contributed by atoms with Crippen LogP contribution in [0.5, 0.6) is 0 Å². The number of rotatable bonds is 6. The monoisotopic (exact) mass is 654 g/mol. The first-order chi connectivity index (χ1) is 25.2. The lowest BCUT2D eigenvalue weighted by Gasteiger charge is -2.26. The van der Waals surface area contributed by atoms with E-state index in [1.54, 1.807) is 0 Å². The fraction of sp³-hybridized carbons (Fsp3) is 0. The van der Waals surface area contributed by atoms with Crippen LogP contribution >= 0.6 is 0 Å². The van der Waals surface area contributed by atoms with Crippen molar-refractivity contribution >= 4 is 60.9 Å². The van der Waals surface area contributed by atoms with Gasteiger partial charge in [0.25, 0.3) is 0 Å². The predicted molar refractivity (Wildman–Crippen MR) is 210 cm³/mol. The molecule has 240 valence electrons. The number of benzene rings is 8. The minimum atomic E-state index is 0.605. The smallest absolute Gasteiger partial charge is 0.227 e. The van der Waals surface area contributed by atoms with E-state index in [0.717, 1.165) is 61.2 Å². The minimum absolute atomic E-state index is 0.605. The number of hydrogen-bond acceptors (Lipinski definition) is 4. The van der Waals surface area contributed by atoms with Crippen molar-refractivity contribution in [3.8, 4) is 33.7 Å². The highest BCUT2D eigenvalue weighted by molar-refractivity contribution is 6.10. The third-order valence-corrected chi connectivity index (χ3v) is 9.68. The molecule has 0 fully saturated rings. The van der Waals surface area contributed by atoms with Crippen molar-refractivity contribution < 1.29 is 8.83 Å². The first kappa shape index (κ1) is 29.0. The van der Waals surface area contributed by atoms with E-state index in [1.807, 2.05) is 36.4 Å². The van der Waals surface area contributed by atoms with E-state index in [1.165, 1.54) is 21.9 Å². The molecule has 0 aliphatic carbocycles. The van der Waals surface area contributed by atoms with Crippen molar-refractivity contribution in [1.29, 1.82) is 0 Å². The summed E-state index contributed by atoms with van der Waals surface area (Å²) in [4.78, 5) is 7.09. The molecular formula is C47H30N2O2. The number of furan rings is 1. The Hall–Kier alpha value is -6.91. The number of fused-ring (bicyclic) bond motifs is 5. The highest BCUT2D eigenvalue weighted by atomic mass is 16.4. The van der Waals surface area contributed by atoms with Crippen molar-refractivity contribution in [3.05, 3.63) is 182 Å². The van der Waals surface area contributed by atoms with Crippen molar-refractivity contribution in [3.63, 3.8) is 0 Å². The molecule has 0 bridgehead atoms. The number of hydrogen-bond donors (Lipinski definition) is 0. The number of aromatic nitrogens is 1. The lowest BCUT2D eigenvalue weighted by atomic mass is 10.0. The Balaban J connectivity index is 0.985. The SMILES string of the molecule is c1ccc(-c2nc3cc4c(cc3o2)oc2ccc(-c3ccc(N(c5ccccc5)c5ccc(-c6ccc7ccccc7c6)cc5)cc3)cc24)cc1. The first-order valence-corrected chi connectivity index (χ1v) is 17.1. The van der Waals surface area contributed by atoms with Crippen molar-refractivity contribution in [2.24, 2.45) is 0 Å². The molecule has 0 spiro atoms. The van der Waals surface area contributed by atoms with Crippen LogP contribution in [0.1, 0.15) is 0 Å². The largest absolute Gasteiger partial charge is 0.456 e. The van der Waals surface area contributed by atoms with Gasteiger partial charge in [0.15, 0.2) is 5.58 Å². The maximum Gasteiger partial charge on any atom is 0.227 e. The molecule has 0 aliphatic heterocycles. The van der Waals surface area contributed by atoms with E-state index in [9.17, 15) is 0 Å². The number of anilines is 3. The van der Waals surface area contributed by atoms with Crippen molar-refractivity contribution in [2.45, 2.75) is 0 Å². The molecule has 0 atom stereocenters. The molecule has 10 rings (SSSR count). The van der Waals surface area contributed by atoms with Crippen LogP contribution in [0.15, 0.2) is 191 Å². The predicted octanol–water partition coefficient (Wildman–Crippen LogP) is 13.4. The number of nitrogens with zero attached hydrogens (tertiary/aromatic N) is 2. The molecule has 2 heterocycles. The number of para-hydroxylation sites is 1. The zero-order valence-electron chi connectivity index (χ0n) is 27.5. The molecule has 10 aromatic rings. The molecule has 4 heteroatoms. The maximum absolute atomic E-state index is 6.28. The van der Waals surface area contributed by atoms with Gasteiger partial charge >= 0.3 is 0 Å². The van der Waals surface area contributed by atoms with Crippen LogP contribution in [0.4, 0.5) is 17.1 Å². The van der Waals surface area contributed by atoms with Crippen molar-refractivity contribution in [1.82, 2.24) is 4.98 Å². The average Bonchev–Trinajstić information content (AvgIpc) is 3.78. The van der Waals surface area contributed by atoms with Gasteiger partial charge in [-0.3, -0.25) is 0 Å². The van der Waals surface area contributed by atoms with Gasteiger partial charge in [0.2, 0.25) is 5.89 Å². The van der Waals surface area contributed by atoms with E-state index >= 15 is 0 Å². The molecule has 0 saturated heterocycles. The third-order valence-electron chi connectivity index (χ3n) is 9.68. The Bertz CT molecular complexity index is 2840. The van der Waals surface area contributed by atoms with Crippen molar-refractivity contribution in [2.75, 3.05) is 4.90 Å².